The van der Waals surface area contributed by atoms with Gasteiger partial charge in [0.15, 0.2) is 5.16 Å². The van der Waals surface area contributed by atoms with Gasteiger partial charge in [0, 0.05) is 18.3 Å². The molecule has 2 aliphatic rings. The number of para-hydroxylation sites is 1. The van der Waals surface area contributed by atoms with Gasteiger partial charge >= 0.3 is 0 Å². The summed E-state index contributed by atoms with van der Waals surface area (Å²) in [7, 11) is 0. The number of benzene rings is 1. The minimum Gasteiger partial charge on any atom is -0.390 e. The van der Waals surface area contributed by atoms with E-state index in [0.717, 1.165) is 50.8 Å². The first-order valence-electron chi connectivity index (χ1n) is 10.6. The molecule has 1 aliphatic heterocycles. The maximum atomic E-state index is 12.9. The van der Waals surface area contributed by atoms with Crippen molar-refractivity contribution in [3.8, 4) is 0 Å². The van der Waals surface area contributed by atoms with Crippen molar-refractivity contribution in [1.82, 2.24) is 14.9 Å². The van der Waals surface area contributed by atoms with Gasteiger partial charge in [-0.2, -0.15) is 0 Å². The normalized spacial score (nSPS) is 16.5. The number of thioether (sulfide) groups is 1. The standard InChI is InChI=1S/C22H28N4O3S/c27-14-18-12-23-22(26(18)13-20(28)24-17-8-2-3-9-17)30-15-21(29)25-11-5-7-16-6-1-4-10-19(16)25/h1,4,6,10,12,17,27H,2-3,5,7-9,11,13-15H2,(H,24,28). The monoisotopic (exact) mass is 428 g/mol. The minimum absolute atomic E-state index is 0.0302. The third-order valence-electron chi connectivity index (χ3n) is 5.82. The highest BCUT2D eigenvalue weighted by atomic mass is 32.2. The number of carbonyl (C=O) groups excluding carboxylic acids is 2. The first-order valence-corrected chi connectivity index (χ1v) is 11.6. The lowest BCUT2D eigenvalue weighted by molar-refractivity contribution is -0.122. The molecule has 0 atom stereocenters. The van der Waals surface area contributed by atoms with Crippen molar-refractivity contribution in [2.75, 3.05) is 17.2 Å². The Labute approximate surface area is 180 Å². The first kappa shape index (κ1) is 20.9. The molecule has 0 spiro atoms. The summed E-state index contributed by atoms with van der Waals surface area (Å²) in [5.41, 5.74) is 2.77. The summed E-state index contributed by atoms with van der Waals surface area (Å²) in [5.74, 6) is 0.191. The molecule has 2 aromatic rings. The molecule has 1 fully saturated rings. The van der Waals surface area contributed by atoms with E-state index in [1.807, 2.05) is 23.1 Å². The van der Waals surface area contributed by atoms with Crippen LogP contribution in [0, 0.1) is 0 Å². The van der Waals surface area contributed by atoms with Gasteiger partial charge in [-0.15, -0.1) is 0 Å². The molecule has 0 unspecified atom stereocenters. The number of aliphatic hydroxyl groups excluding tert-OH is 1. The first-order chi connectivity index (χ1) is 14.7. The topological polar surface area (TPSA) is 87.5 Å². The molecular weight excluding hydrogens is 400 g/mol. The second kappa shape index (κ2) is 9.66. The number of nitrogens with one attached hydrogen (secondary N) is 1. The van der Waals surface area contributed by atoms with Gasteiger partial charge in [0.05, 0.1) is 24.3 Å². The summed E-state index contributed by atoms with van der Waals surface area (Å²) in [6.07, 6.45) is 7.88. The molecule has 0 radical (unpaired) electrons. The smallest absolute Gasteiger partial charge is 0.240 e. The highest BCUT2D eigenvalue weighted by Crippen LogP contribution is 2.28. The quantitative estimate of drug-likeness (QED) is 0.662. The number of amides is 2. The third kappa shape index (κ3) is 4.70. The Bertz CT molecular complexity index is 908. The molecular formula is C22H28N4O3S. The minimum atomic E-state index is -0.197. The molecule has 2 heterocycles. The van der Waals surface area contributed by atoms with Crippen LogP contribution in [0.25, 0.3) is 0 Å². The van der Waals surface area contributed by atoms with Crippen molar-refractivity contribution in [1.29, 1.82) is 0 Å². The predicted octanol–water partition coefficient (Wildman–Crippen LogP) is 2.51. The van der Waals surface area contributed by atoms with E-state index in [0.29, 0.717) is 10.9 Å². The zero-order chi connectivity index (χ0) is 20.9. The maximum absolute atomic E-state index is 12.9. The number of rotatable bonds is 7. The van der Waals surface area contributed by atoms with Gasteiger partial charge < -0.3 is 19.9 Å². The van der Waals surface area contributed by atoms with E-state index >= 15 is 0 Å². The molecule has 30 heavy (non-hydrogen) atoms. The number of carbonyl (C=O) groups is 2. The lowest BCUT2D eigenvalue weighted by Gasteiger charge is -2.29. The van der Waals surface area contributed by atoms with Crippen LogP contribution in [0.1, 0.15) is 43.4 Å². The van der Waals surface area contributed by atoms with Crippen LogP contribution in [0.3, 0.4) is 0 Å². The Kier molecular flexibility index (Phi) is 6.74. The summed E-state index contributed by atoms with van der Waals surface area (Å²) in [5, 5.41) is 13.3. The molecule has 1 aromatic carbocycles. The fraction of sp³-hybridized carbons (Fsp3) is 0.500. The second-order valence-corrected chi connectivity index (χ2v) is 8.83. The molecule has 2 N–H and O–H groups in total. The Morgan fingerprint density at radius 2 is 2.00 bits per heavy atom. The average Bonchev–Trinajstić information content (AvgIpc) is 3.41. The number of nitrogens with zero attached hydrogens (tertiary/aromatic N) is 3. The van der Waals surface area contributed by atoms with Gasteiger partial charge in [-0.1, -0.05) is 42.8 Å². The fourth-order valence-corrected chi connectivity index (χ4v) is 5.16. The molecule has 1 saturated carbocycles. The van der Waals surface area contributed by atoms with Crippen molar-refractivity contribution in [2.24, 2.45) is 0 Å². The number of fused-ring (bicyclic) bond motifs is 1. The van der Waals surface area contributed by atoms with Crippen LogP contribution in [-0.4, -0.2) is 44.8 Å². The van der Waals surface area contributed by atoms with Gasteiger partial charge in [0.2, 0.25) is 11.8 Å². The van der Waals surface area contributed by atoms with Gasteiger partial charge in [-0.25, -0.2) is 4.98 Å². The Balaban J connectivity index is 1.40. The molecule has 1 aliphatic carbocycles. The Hall–Kier alpha value is -2.32. The predicted molar refractivity (Wildman–Crippen MR) is 116 cm³/mol. The average molecular weight is 429 g/mol. The highest BCUT2D eigenvalue weighted by molar-refractivity contribution is 7.99. The third-order valence-corrected chi connectivity index (χ3v) is 6.80. The van der Waals surface area contributed by atoms with E-state index in [-0.39, 0.29) is 36.8 Å². The van der Waals surface area contributed by atoms with Crippen LogP contribution in [0.15, 0.2) is 35.6 Å². The molecule has 1 aromatic heterocycles. The zero-order valence-corrected chi connectivity index (χ0v) is 17.9. The summed E-state index contributed by atoms with van der Waals surface area (Å²) in [6.45, 7) is 0.629. The molecule has 0 bridgehead atoms. The molecule has 4 rings (SSSR count). The van der Waals surface area contributed by atoms with Crippen molar-refractivity contribution >= 4 is 29.3 Å². The number of aryl methyl sites for hydroxylation is 1. The van der Waals surface area contributed by atoms with Crippen LogP contribution in [0.5, 0.6) is 0 Å². The number of aromatic nitrogens is 2. The van der Waals surface area contributed by atoms with Crippen molar-refractivity contribution in [2.45, 2.75) is 62.9 Å². The van der Waals surface area contributed by atoms with E-state index in [2.05, 4.69) is 16.4 Å². The van der Waals surface area contributed by atoms with Gasteiger partial charge in [0.1, 0.15) is 6.54 Å². The molecule has 2 amide bonds. The van der Waals surface area contributed by atoms with Crippen molar-refractivity contribution < 1.29 is 14.7 Å². The van der Waals surface area contributed by atoms with Crippen molar-refractivity contribution in [3.05, 3.63) is 41.7 Å². The molecule has 160 valence electrons. The van der Waals surface area contributed by atoms with E-state index in [4.69, 9.17) is 0 Å². The van der Waals surface area contributed by atoms with E-state index in [1.54, 1.807) is 10.8 Å². The highest BCUT2D eigenvalue weighted by Gasteiger charge is 2.24. The van der Waals surface area contributed by atoms with E-state index in [1.165, 1.54) is 17.3 Å². The van der Waals surface area contributed by atoms with Gasteiger partial charge in [0.25, 0.3) is 0 Å². The second-order valence-electron chi connectivity index (χ2n) is 7.89. The number of hydrogen-bond donors (Lipinski definition) is 2. The van der Waals surface area contributed by atoms with Crippen LogP contribution in [0.4, 0.5) is 5.69 Å². The lowest BCUT2D eigenvalue weighted by Crippen LogP contribution is -2.37. The summed E-state index contributed by atoms with van der Waals surface area (Å²) >= 11 is 1.31. The lowest BCUT2D eigenvalue weighted by atomic mass is 10.0. The van der Waals surface area contributed by atoms with Gasteiger partial charge in [-0.05, 0) is 37.3 Å². The molecule has 7 nitrogen and oxygen atoms in total. The number of aliphatic hydroxyl groups is 1. The van der Waals surface area contributed by atoms with Crippen molar-refractivity contribution in [3.63, 3.8) is 0 Å². The maximum Gasteiger partial charge on any atom is 0.240 e. The Morgan fingerprint density at radius 1 is 1.20 bits per heavy atom. The summed E-state index contributed by atoms with van der Waals surface area (Å²) in [6, 6.07) is 8.28. The van der Waals surface area contributed by atoms with Gasteiger partial charge in [-0.3, -0.25) is 9.59 Å². The fourth-order valence-electron chi connectivity index (χ4n) is 4.29. The SMILES string of the molecule is O=C(Cn1c(CO)cnc1SCC(=O)N1CCCc2ccccc21)NC1CCCC1. The van der Waals surface area contributed by atoms with Crippen LogP contribution in [-0.2, 0) is 29.2 Å². The number of anilines is 1. The van der Waals surface area contributed by atoms with Crippen LogP contribution >= 0.6 is 11.8 Å². The van der Waals surface area contributed by atoms with Crippen LogP contribution in [0.2, 0.25) is 0 Å². The largest absolute Gasteiger partial charge is 0.390 e. The Morgan fingerprint density at radius 3 is 2.80 bits per heavy atom. The molecule has 0 saturated heterocycles. The molecule has 8 heteroatoms. The number of imidazole rings is 1. The summed E-state index contributed by atoms with van der Waals surface area (Å²) < 4.78 is 1.71. The van der Waals surface area contributed by atoms with E-state index < -0.39 is 0 Å². The number of hydrogen-bond acceptors (Lipinski definition) is 5. The van der Waals surface area contributed by atoms with Crippen LogP contribution < -0.4 is 10.2 Å². The van der Waals surface area contributed by atoms with E-state index in [9.17, 15) is 14.7 Å². The summed E-state index contributed by atoms with van der Waals surface area (Å²) in [4.78, 5) is 31.6. The zero-order valence-electron chi connectivity index (χ0n) is 17.0.